The average Bonchev–Trinajstić information content (AvgIpc) is 3.18. The lowest BCUT2D eigenvalue weighted by molar-refractivity contribution is -0.116. The van der Waals surface area contributed by atoms with Gasteiger partial charge < -0.3 is 10.2 Å². The first-order valence-electron chi connectivity index (χ1n) is 9.62. The molecule has 1 aromatic heterocycles. The van der Waals surface area contributed by atoms with Crippen molar-refractivity contribution in [2.24, 2.45) is 0 Å². The molecule has 0 bridgehead atoms. The van der Waals surface area contributed by atoms with Crippen molar-refractivity contribution in [2.45, 2.75) is 0 Å². The van der Waals surface area contributed by atoms with E-state index < -0.39 is 0 Å². The number of nitrogens with one attached hydrogen (secondary N) is 1. The van der Waals surface area contributed by atoms with Gasteiger partial charge in [-0.2, -0.15) is 0 Å². The Labute approximate surface area is 169 Å². The molecule has 0 aliphatic carbocycles. The second-order valence-electron chi connectivity index (χ2n) is 6.83. The number of anilines is 1. The van der Waals surface area contributed by atoms with E-state index in [4.69, 9.17) is 4.98 Å². The summed E-state index contributed by atoms with van der Waals surface area (Å²) in [5, 5.41) is 4.08. The van der Waals surface area contributed by atoms with Gasteiger partial charge in [0.15, 0.2) is 5.13 Å². The summed E-state index contributed by atoms with van der Waals surface area (Å²) in [6.45, 7) is 5.47. The maximum Gasteiger partial charge on any atom is 0.244 e. The number of carbonyl (C=O) groups is 1. The number of hydrogen-bond donors (Lipinski definition) is 1. The van der Waals surface area contributed by atoms with Crippen molar-refractivity contribution in [3.8, 4) is 0 Å². The van der Waals surface area contributed by atoms with E-state index >= 15 is 0 Å². The van der Waals surface area contributed by atoms with Gasteiger partial charge in [0.25, 0.3) is 0 Å². The van der Waals surface area contributed by atoms with Gasteiger partial charge in [-0.1, -0.05) is 53.8 Å². The number of carbonyl (C=O) groups excluding carboxylic acids is 1. The molecule has 1 saturated heterocycles. The Morgan fingerprint density at radius 1 is 1.04 bits per heavy atom. The van der Waals surface area contributed by atoms with Crippen LogP contribution in [0, 0.1) is 0 Å². The molecule has 1 aliphatic rings. The number of fused-ring (bicyclic) bond motifs is 1. The monoisotopic (exact) mass is 392 g/mol. The first-order valence-corrected chi connectivity index (χ1v) is 10.4. The van der Waals surface area contributed by atoms with E-state index in [2.05, 4.69) is 33.3 Å². The minimum absolute atomic E-state index is 0.0445. The maximum absolute atomic E-state index is 11.9. The normalized spacial score (nSPS) is 15.4. The standard InChI is InChI=1S/C22H24N4OS/c27-21(11-10-18-6-2-1-3-7-18)23-12-13-25-14-16-26(17-15-25)22-24-19-8-4-5-9-20(19)28-22/h1-11H,12-17H2,(H,23,27)/b11-10+. The third kappa shape index (κ3) is 4.77. The smallest absolute Gasteiger partial charge is 0.244 e. The van der Waals surface area contributed by atoms with Crippen LogP contribution in [0.2, 0.25) is 0 Å². The lowest BCUT2D eigenvalue weighted by atomic mass is 10.2. The second-order valence-corrected chi connectivity index (χ2v) is 7.84. The molecule has 3 aromatic rings. The van der Waals surface area contributed by atoms with Crippen LogP contribution in [0.4, 0.5) is 5.13 Å². The molecule has 1 fully saturated rings. The molecule has 0 saturated carbocycles. The molecule has 6 heteroatoms. The zero-order valence-electron chi connectivity index (χ0n) is 15.8. The van der Waals surface area contributed by atoms with Crippen LogP contribution >= 0.6 is 11.3 Å². The minimum Gasteiger partial charge on any atom is -0.351 e. The van der Waals surface area contributed by atoms with Gasteiger partial charge in [0.1, 0.15) is 0 Å². The summed E-state index contributed by atoms with van der Waals surface area (Å²) in [6, 6.07) is 18.1. The summed E-state index contributed by atoms with van der Waals surface area (Å²) < 4.78 is 1.24. The van der Waals surface area contributed by atoms with Crippen molar-refractivity contribution >= 4 is 38.7 Å². The lowest BCUT2D eigenvalue weighted by Crippen LogP contribution is -2.48. The summed E-state index contributed by atoms with van der Waals surface area (Å²) >= 11 is 1.76. The Balaban J connectivity index is 1.19. The highest BCUT2D eigenvalue weighted by atomic mass is 32.1. The first-order chi connectivity index (χ1) is 13.8. The number of thiazole rings is 1. The van der Waals surface area contributed by atoms with E-state index in [0.717, 1.165) is 48.9 Å². The van der Waals surface area contributed by atoms with Crippen molar-refractivity contribution in [1.82, 2.24) is 15.2 Å². The number of hydrogen-bond acceptors (Lipinski definition) is 5. The van der Waals surface area contributed by atoms with Gasteiger partial charge in [0.05, 0.1) is 10.2 Å². The first kappa shape index (κ1) is 18.7. The van der Waals surface area contributed by atoms with Crippen molar-refractivity contribution in [3.05, 3.63) is 66.2 Å². The van der Waals surface area contributed by atoms with E-state index in [0.29, 0.717) is 6.54 Å². The highest BCUT2D eigenvalue weighted by Crippen LogP contribution is 2.28. The number of benzene rings is 2. The van der Waals surface area contributed by atoms with Gasteiger partial charge in [-0.15, -0.1) is 0 Å². The Hall–Kier alpha value is -2.70. The number of aromatic nitrogens is 1. The van der Waals surface area contributed by atoms with Gasteiger partial charge in [0, 0.05) is 45.3 Å². The number of nitrogens with zero attached hydrogens (tertiary/aromatic N) is 3. The average molecular weight is 393 g/mol. The van der Waals surface area contributed by atoms with Gasteiger partial charge in [-0.25, -0.2) is 4.98 Å². The molecule has 28 heavy (non-hydrogen) atoms. The van der Waals surface area contributed by atoms with E-state index in [-0.39, 0.29) is 5.91 Å². The Bertz CT molecular complexity index is 912. The zero-order valence-corrected chi connectivity index (χ0v) is 16.6. The van der Waals surface area contributed by atoms with Gasteiger partial charge in [0.2, 0.25) is 5.91 Å². The fraction of sp³-hybridized carbons (Fsp3) is 0.273. The van der Waals surface area contributed by atoms with Crippen LogP contribution < -0.4 is 10.2 Å². The molecular formula is C22H24N4OS. The Kier molecular flexibility index (Phi) is 5.99. The quantitative estimate of drug-likeness (QED) is 0.654. The molecule has 1 N–H and O–H groups in total. The highest BCUT2D eigenvalue weighted by molar-refractivity contribution is 7.22. The molecule has 0 unspecified atom stereocenters. The van der Waals surface area contributed by atoms with Crippen LogP contribution in [0.15, 0.2) is 60.7 Å². The molecule has 5 nitrogen and oxygen atoms in total. The molecule has 0 radical (unpaired) electrons. The van der Waals surface area contributed by atoms with Crippen LogP contribution in [-0.2, 0) is 4.79 Å². The van der Waals surface area contributed by atoms with Crippen molar-refractivity contribution < 1.29 is 4.79 Å². The summed E-state index contributed by atoms with van der Waals surface area (Å²) in [4.78, 5) is 21.5. The topological polar surface area (TPSA) is 48.5 Å². The molecular weight excluding hydrogens is 368 g/mol. The second kappa shape index (κ2) is 8.99. The van der Waals surface area contributed by atoms with Gasteiger partial charge >= 0.3 is 0 Å². The summed E-state index contributed by atoms with van der Waals surface area (Å²) in [7, 11) is 0. The SMILES string of the molecule is O=C(/C=C/c1ccccc1)NCCN1CCN(c2nc3ccccc3s2)CC1. The van der Waals surface area contributed by atoms with Gasteiger partial charge in [-0.05, 0) is 23.8 Å². The summed E-state index contributed by atoms with van der Waals surface area (Å²) in [5.74, 6) is -0.0445. The Morgan fingerprint density at radius 2 is 1.79 bits per heavy atom. The summed E-state index contributed by atoms with van der Waals surface area (Å²) in [5.41, 5.74) is 2.11. The van der Waals surface area contributed by atoms with Crippen LogP contribution in [0.3, 0.4) is 0 Å². The third-order valence-corrected chi connectivity index (χ3v) is 5.98. The zero-order chi connectivity index (χ0) is 19.2. The van der Waals surface area contributed by atoms with Crippen LogP contribution in [0.25, 0.3) is 16.3 Å². The number of piperazine rings is 1. The number of amides is 1. The van der Waals surface area contributed by atoms with E-state index in [1.54, 1.807) is 17.4 Å². The fourth-order valence-corrected chi connectivity index (χ4v) is 4.31. The van der Waals surface area contributed by atoms with Crippen molar-refractivity contribution in [3.63, 3.8) is 0 Å². The van der Waals surface area contributed by atoms with E-state index in [1.165, 1.54) is 4.70 Å². The lowest BCUT2D eigenvalue weighted by Gasteiger charge is -2.34. The van der Waals surface area contributed by atoms with Gasteiger partial charge in [-0.3, -0.25) is 9.69 Å². The molecule has 1 aliphatic heterocycles. The molecule has 144 valence electrons. The predicted octanol–water partition coefficient (Wildman–Crippen LogP) is 3.25. The van der Waals surface area contributed by atoms with Crippen LogP contribution in [-0.4, -0.2) is 55.1 Å². The van der Waals surface area contributed by atoms with E-state index in [1.807, 2.05) is 42.5 Å². The molecule has 2 aromatic carbocycles. The molecule has 4 rings (SSSR count). The number of para-hydroxylation sites is 1. The maximum atomic E-state index is 11.9. The van der Waals surface area contributed by atoms with E-state index in [9.17, 15) is 4.79 Å². The third-order valence-electron chi connectivity index (χ3n) is 4.88. The molecule has 0 atom stereocenters. The molecule has 1 amide bonds. The minimum atomic E-state index is -0.0445. The van der Waals surface area contributed by atoms with Crippen LogP contribution in [0.5, 0.6) is 0 Å². The van der Waals surface area contributed by atoms with Crippen molar-refractivity contribution in [1.29, 1.82) is 0 Å². The molecule has 0 spiro atoms. The molecule has 2 heterocycles. The predicted molar refractivity (Wildman–Crippen MR) is 117 cm³/mol. The fourth-order valence-electron chi connectivity index (χ4n) is 3.29. The van der Waals surface area contributed by atoms with Crippen molar-refractivity contribution in [2.75, 3.05) is 44.2 Å². The largest absolute Gasteiger partial charge is 0.351 e. The Morgan fingerprint density at radius 3 is 2.57 bits per heavy atom. The van der Waals surface area contributed by atoms with Crippen LogP contribution in [0.1, 0.15) is 5.56 Å². The highest BCUT2D eigenvalue weighted by Gasteiger charge is 2.19. The number of rotatable bonds is 6. The summed E-state index contributed by atoms with van der Waals surface area (Å²) in [6.07, 6.45) is 3.44.